The van der Waals surface area contributed by atoms with Crippen LogP contribution >= 0.6 is 11.6 Å². The third kappa shape index (κ3) is 3.88. The predicted molar refractivity (Wildman–Crippen MR) is 85.9 cm³/mol. The van der Waals surface area contributed by atoms with E-state index < -0.39 is 0 Å². The lowest BCUT2D eigenvalue weighted by Crippen LogP contribution is -2.01. The van der Waals surface area contributed by atoms with Gasteiger partial charge in [0, 0.05) is 15.5 Å². The summed E-state index contributed by atoms with van der Waals surface area (Å²) in [6.45, 7) is 0. The topological polar surface area (TPSA) is 75.1 Å². The van der Waals surface area contributed by atoms with Crippen LogP contribution in [0.1, 0.15) is 15.9 Å². The number of rotatable bonds is 5. The number of benzene rings is 2. The molecule has 0 atom stereocenters. The van der Waals surface area contributed by atoms with Crippen molar-refractivity contribution in [2.45, 2.75) is 0 Å². The zero-order valence-electron chi connectivity index (χ0n) is 11.7. The number of hydrogen-bond donors (Lipinski definition) is 0. The summed E-state index contributed by atoms with van der Waals surface area (Å²) in [5.74, 6) is 0.277. The minimum atomic E-state index is -0.365. The third-order valence-electron chi connectivity index (χ3n) is 2.91. The molecule has 0 saturated heterocycles. The highest BCUT2D eigenvalue weighted by Crippen LogP contribution is 2.18. The van der Waals surface area contributed by atoms with E-state index in [0.29, 0.717) is 21.9 Å². The molecule has 0 bridgehead atoms. The Morgan fingerprint density at radius 2 is 1.82 bits per heavy atom. The highest BCUT2D eigenvalue weighted by atomic mass is 35.5. The number of ether oxygens (including phenoxy) is 1. The molecule has 0 N–H and O–H groups in total. The summed E-state index contributed by atoms with van der Waals surface area (Å²) in [5, 5.41) is 4.08. The molecule has 2 aromatic carbocycles. The van der Waals surface area contributed by atoms with Crippen LogP contribution in [0.4, 0.5) is 0 Å². The van der Waals surface area contributed by atoms with E-state index in [4.69, 9.17) is 21.9 Å². The smallest absolute Gasteiger partial charge is 0.195 e. The quantitative estimate of drug-likeness (QED) is 0.259. The zero-order chi connectivity index (χ0) is 15.9. The van der Waals surface area contributed by atoms with Crippen molar-refractivity contribution in [3.05, 3.63) is 80.8 Å². The van der Waals surface area contributed by atoms with E-state index in [2.05, 4.69) is 10.0 Å². The van der Waals surface area contributed by atoms with Gasteiger partial charge < -0.3 is 4.74 Å². The van der Waals surface area contributed by atoms with Crippen molar-refractivity contribution in [1.82, 2.24) is 0 Å². The van der Waals surface area contributed by atoms with Crippen LogP contribution in [0, 0.1) is 0 Å². The van der Waals surface area contributed by atoms with Crippen LogP contribution in [-0.4, -0.2) is 12.9 Å². The number of azide groups is 1. The van der Waals surface area contributed by atoms with E-state index in [1.807, 2.05) is 0 Å². The number of methoxy groups -OCH3 is 1. The van der Waals surface area contributed by atoms with Gasteiger partial charge in [-0.1, -0.05) is 28.8 Å². The first-order chi connectivity index (χ1) is 10.6. The molecule has 0 unspecified atom stereocenters. The number of allylic oxidation sites excluding steroid dienone is 1. The van der Waals surface area contributed by atoms with Gasteiger partial charge in [0.25, 0.3) is 0 Å². The van der Waals surface area contributed by atoms with Crippen molar-refractivity contribution in [1.29, 1.82) is 0 Å². The SMILES string of the molecule is COc1ccc(C(=O)/C(=C/c2ccc(Cl)cc2)N=[N+]=[N-])cc1. The first-order valence-corrected chi connectivity index (χ1v) is 6.73. The lowest BCUT2D eigenvalue weighted by molar-refractivity contribution is 0.103. The molecular formula is C16H12ClN3O2. The summed E-state index contributed by atoms with van der Waals surface area (Å²) in [4.78, 5) is 15.1. The lowest BCUT2D eigenvalue weighted by Gasteiger charge is -2.03. The summed E-state index contributed by atoms with van der Waals surface area (Å²) in [6.07, 6.45) is 1.52. The fourth-order valence-corrected chi connectivity index (χ4v) is 1.92. The third-order valence-corrected chi connectivity index (χ3v) is 3.16. The molecule has 0 radical (unpaired) electrons. The second-order valence-electron chi connectivity index (χ2n) is 4.33. The summed E-state index contributed by atoms with van der Waals surface area (Å²) >= 11 is 5.81. The van der Waals surface area contributed by atoms with Crippen molar-refractivity contribution in [2.24, 2.45) is 5.11 Å². The largest absolute Gasteiger partial charge is 0.497 e. The zero-order valence-corrected chi connectivity index (χ0v) is 12.5. The van der Waals surface area contributed by atoms with Crippen molar-refractivity contribution in [3.8, 4) is 5.75 Å². The van der Waals surface area contributed by atoms with Gasteiger partial charge >= 0.3 is 0 Å². The molecule has 0 aliphatic heterocycles. The van der Waals surface area contributed by atoms with Gasteiger partial charge in [-0.15, -0.1) is 0 Å². The van der Waals surface area contributed by atoms with Crippen LogP contribution in [0.5, 0.6) is 5.75 Å². The van der Waals surface area contributed by atoms with Gasteiger partial charge in [-0.3, -0.25) is 4.79 Å². The highest BCUT2D eigenvalue weighted by Gasteiger charge is 2.11. The number of carbonyl (C=O) groups is 1. The van der Waals surface area contributed by atoms with Crippen LogP contribution < -0.4 is 4.74 Å². The van der Waals surface area contributed by atoms with E-state index in [9.17, 15) is 4.79 Å². The minimum absolute atomic E-state index is 0.00925. The summed E-state index contributed by atoms with van der Waals surface area (Å²) in [6, 6.07) is 13.4. The standard InChI is InChI=1S/C16H12ClN3O2/c1-22-14-8-4-12(5-9-14)16(21)15(19-20-18)10-11-2-6-13(17)7-3-11/h2-10H,1H3/b15-10-. The molecule has 0 aromatic heterocycles. The molecule has 0 heterocycles. The van der Waals surface area contributed by atoms with Crippen LogP contribution in [0.15, 0.2) is 59.3 Å². The van der Waals surface area contributed by atoms with Gasteiger partial charge in [0.1, 0.15) is 5.75 Å². The predicted octanol–water partition coefficient (Wildman–Crippen LogP) is 4.88. The number of ketones is 1. The minimum Gasteiger partial charge on any atom is -0.497 e. The first-order valence-electron chi connectivity index (χ1n) is 6.35. The second kappa shape index (κ2) is 7.31. The Kier molecular flexibility index (Phi) is 5.20. The average Bonchev–Trinajstić information content (AvgIpc) is 2.56. The van der Waals surface area contributed by atoms with Crippen molar-refractivity contribution < 1.29 is 9.53 Å². The molecule has 22 heavy (non-hydrogen) atoms. The van der Waals surface area contributed by atoms with Crippen molar-refractivity contribution >= 4 is 23.5 Å². The number of Topliss-reactive ketones (excluding diaryl/α,β-unsaturated/α-hetero) is 1. The number of halogens is 1. The van der Waals surface area contributed by atoms with Crippen molar-refractivity contribution in [3.63, 3.8) is 0 Å². The number of carbonyl (C=O) groups excluding carboxylic acids is 1. The molecule has 0 saturated carbocycles. The van der Waals surface area contributed by atoms with Gasteiger partial charge in [0.05, 0.1) is 12.8 Å². The highest BCUT2D eigenvalue weighted by molar-refractivity contribution is 6.30. The molecule has 0 aliphatic carbocycles. The molecule has 5 nitrogen and oxygen atoms in total. The molecule has 6 heteroatoms. The Hall–Kier alpha value is -2.75. The molecular weight excluding hydrogens is 302 g/mol. The molecule has 2 rings (SSSR count). The van der Waals surface area contributed by atoms with E-state index >= 15 is 0 Å². The Bertz CT molecular complexity index is 746. The Morgan fingerprint density at radius 1 is 1.18 bits per heavy atom. The number of nitrogens with zero attached hydrogens (tertiary/aromatic N) is 3. The molecule has 110 valence electrons. The molecule has 2 aromatic rings. The van der Waals surface area contributed by atoms with E-state index in [1.54, 1.807) is 55.6 Å². The van der Waals surface area contributed by atoms with Crippen LogP contribution in [0.25, 0.3) is 16.5 Å². The van der Waals surface area contributed by atoms with Gasteiger partial charge in [0.2, 0.25) is 0 Å². The van der Waals surface area contributed by atoms with Gasteiger partial charge in [-0.25, -0.2) is 0 Å². The maximum atomic E-state index is 12.4. The second-order valence-corrected chi connectivity index (χ2v) is 4.76. The lowest BCUT2D eigenvalue weighted by atomic mass is 10.1. The van der Waals surface area contributed by atoms with Crippen LogP contribution in [0.2, 0.25) is 5.02 Å². The Labute approximate surface area is 132 Å². The first kappa shape index (κ1) is 15.6. The maximum absolute atomic E-state index is 12.4. The van der Waals surface area contributed by atoms with Crippen molar-refractivity contribution in [2.75, 3.05) is 7.11 Å². The molecule has 0 spiro atoms. The van der Waals surface area contributed by atoms with Gasteiger partial charge in [-0.05, 0) is 53.6 Å². The number of hydrogen-bond acceptors (Lipinski definition) is 3. The van der Waals surface area contributed by atoms with E-state index in [1.165, 1.54) is 6.08 Å². The summed E-state index contributed by atoms with van der Waals surface area (Å²) < 4.78 is 5.04. The van der Waals surface area contributed by atoms with Gasteiger partial charge in [0.15, 0.2) is 5.78 Å². The van der Waals surface area contributed by atoms with E-state index in [0.717, 1.165) is 0 Å². The summed E-state index contributed by atoms with van der Waals surface area (Å²) in [7, 11) is 1.54. The molecule has 0 amide bonds. The monoisotopic (exact) mass is 313 g/mol. The average molecular weight is 314 g/mol. The van der Waals surface area contributed by atoms with Crippen LogP contribution in [0.3, 0.4) is 0 Å². The molecule has 0 fully saturated rings. The normalized spacial score (nSPS) is 10.7. The van der Waals surface area contributed by atoms with Gasteiger partial charge in [-0.2, -0.15) is 0 Å². The van der Waals surface area contributed by atoms with Crippen LogP contribution in [-0.2, 0) is 0 Å². The van der Waals surface area contributed by atoms with E-state index in [-0.39, 0.29) is 11.5 Å². The Morgan fingerprint density at radius 3 is 2.36 bits per heavy atom. The fourth-order valence-electron chi connectivity index (χ4n) is 1.80. The fraction of sp³-hybridized carbons (Fsp3) is 0.0625. The molecule has 0 aliphatic rings. The Balaban J connectivity index is 2.35. The summed E-state index contributed by atoms with van der Waals surface area (Å²) in [5.41, 5.74) is 9.80. The maximum Gasteiger partial charge on any atom is 0.195 e.